The second kappa shape index (κ2) is 5.61. The Bertz CT molecular complexity index is 924. The number of nitrogens with zero attached hydrogens (tertiary/aromatic N) is 1. The van der Waals surface area contributed by atoms with Crippen LogP contribution in [0.3, 0.4) is 0 Å². The summed E-state index contributed by atoms with van der Waals surface area (Å²) in [5, 5.41) is 8.23. The Morgan fingerprint density at radius 3 is 2.74 bits per heavy atom. The van der Waals surface area contributed by atoms with Crippen molar-refractivity contribution in [2.45, 2.75) is 6.61 Å². The summed E-state index contributed by atoms with van der Waals surface area (Å²) in [6.07, 6.45) is 0. The smallest absolute Gasteiger partial charge is 0.233 e. The summed E-state index contributed by atoms with van der Waals surface area (Å²) in [5.74, 6) is 0.204. The van der Waals surface area contributed by atoms with Gasteiger partial charge in [0.1, 0.15) is 12.4 Å². The molecule has 0 spiro atoms. The van der Waals surface area contributed by atoms with Gasteiger partial charge in [0.05, 0.1) is 11.4 Å². The largest absolute Gasteiger partial charge is 0.472 e. The first-order chi connectivity index (χ1) is 11.3. The van der Waals surface area contributed by atoms with E-state index in [9.17, 15) is 4.39 Å². The molecule has 0 aliphatic rings. The van der Waals surface area contributed by atoms with Crippen molar-refractivity contribution in [3.05, 3.63) is 72.0 Å². The maximum absolute atomic E-state index is 13.1. The highest BCUT2D eigenvalue weighted by Crippen LogP contribution is 2.25. The third-order valence-electron chi connectivity index (χ3n) is 3.65. The molecule has 2 aromatic heterocycles. The van der Waals surface area contributed by atoms with Crippen LogP contribution < -0.4 is 4.74 Å². The Labute approximate surface area is 131 Å². The van der Waals surface area contributed by atoms with E-state index in [1.807, 2.05) is 36.4 Å². The van der Waals surface area contributed by atoms with Gasteiger partial charge in [0.25, 0.3) is 0 Å². The van der Waals surface area contributed by atoms with Crippen molar-refractivity contribution in [1.29, 1.82) is 0 Å². The zero-order chi connectivity index (χ0) is 15.6. The first-order valence-corrected chi connectivity index (χ1v) is 7.29. The van der Waals surface area contributed by atoms with Gasteiger partial charge < -0.3 is 9.72 Å². The summed E-state index contributed by atoms with van der Waals surface area (Å²) in [6, 6.07) is 18.3. The van der Waals surface area contributed by atoms with Crippen LogP contribution in [0.4, 0.5) is 4.39 Å². The van der Waals surface area contributed by atoms with Crippen LogP contribution in [0.5, 0.6) is 5.88 Å². The zero-order valence-corrected chi connectivity index (χ0v) is 12.2. The number of H-pyrrole nitrogens is 2. The lowest BCUT2D eigenvalue weighted by molar-refractivity contribution is 0.293. The number of aromatic nitrogens is 3. The quantitative estimate of drug-likeness (QED) is 0.591. The molecule has 2 aromatic carbocycles. The van der Waals surface area contributed by atoms with Gasteiger partial charge in [-0.25, -0.2) is 4.39 Å². The molecule has 0 aliphatic heterocycles. The average molecular weight is 307 g/mol. The summed E-state index contributed by atoms with van der Waals surface area (Å²) < 4.78 is 18.7. The molecule has 0 unspecified atom stereocenters. The van der Waals surface area contributed by atoms with Crippen LogP contribution >= 0.6 is 0 Å². The maximum atomic E-state index is 13.1. The number of ether oxygens (including phenoxy) is 1. The molecule has 0 saturated heterocycles. The van der Waals surface area contributed by atoms with Crippen molar-refractivity contribution < 1.29 is 9.13 Å². The molecule has 0 amide bonds. The first-order valence-electron chi connectivity index (χ1n) is 7.29. The second-order valence-electron chi connectivity index (χ2n) is 5.31. The van der Waals surface area contributed by atoms with Gasteiger partial charge in [0.15, 0.2) is 0 Å². The SMILES string of the molecule is Fc1cccc(COc2cc(-c3cc4ccccc4[nH]3)[nH]n2)c1. The van der Waals surface area contributed by atoms with Crippen LogP contribution in [0.1, 0.15) is 5.56 Å². The molecule has 0 atom stereocenters. The van der Waals surface area contributed by atoms with Crippen LogP contribution in [0, 0.1) is 5.82 Å². The predicted octanol–water partition coefficient (Wildman–Crippen LogP) is 4.28. The van der Waals surface area contributed by atoms with E-state index in [0.717, 1.165) is 27.9 Å². The minimum Gasteiger partial charge on any atom is -0.472 e. The van der Waals surface area contributed by atoms with Crippen molar-refractivity contribution in [2.24, 2.45) is 0 Å². The van der Waals surface area contributed by atoms with Crippen molar-refractivity contribution in [3.63, 3.8) is 0 Å². The molecule has 114 valence electrons. The third-order valence-corrected chi connectivity index (χ3v) is 3.65. The predicted molar refractivity (Wildman–Crippen MR) is 86.6 cm³/mol. The van der Waals surface area contributed by atoms with Gasteiger partial charge in [0, 0.05) is 17.0 Å². The number of rotatable bonds is 4. The fourth-order valence-electron chi connectivity index (χ4n) is 2.52. The van der Waals surface area contributed by atoms with Gasteiger partial charge in [-0.1, -0.05) is 30.3 Å². The molecule has 4 nitrogen and oxygen atoms in total. The Balaban J connectivity index is 1.52. The van der Waals surface area contributed by atoms with Crippen LogP contribution in [0.2, 0.25) is 0 Å². The highest BCUT2D eigenvalue weighted by molar-refractivity contribution is 5.85. The fraction of sp³-hybridized carbons (Fsp3) is 0.0556. The second-order valence-corrected chi connectivity index (χ2v) is 5.31. The Morgan fingerprint density at radius 2 is 1.87 bits per heavy atom. The third kappa shape index (κ3) is 2.81. The fourth-order valence-corrected chi connectivity index (χ4v) is 2.52. The lowest BCUT2D eigenvalue weighted by Crippen LogP contribution is -1.95. The van der Waals surface area contributed by atoms with Gasteiger partial charge >= 0.3 is 0 Å². The van der Waals surface area contributed by atoms with Crippen molar-refractivity contribution in [3.8, 4) is 17.3 Å². The number of benzene rings is 2. The van der Waals surface area contributed by atoms with E-state index < -0.39 is 0 Å². The maximum Gasteiger partial charge on any atom is 0.233 e. The van der Waals surface area contributed by atoms with Gasteiger partial charge in [-0.2, -0.15) is 0 Å². The van der Waals surface area contributed by atoms with E-state index in [2.05, 4.69) is 21.2 Å². The van der Waals surface area contributed by atoms with E-state index in [4.69, 9.17) is 4.74 Å². The summed E-state index contributed by atoms with van der Waals surface area (Å²) >= 11 is 0. The topological polar surface area (TPSA) is 53.7 Å². The van der Waals surface area contributed by atoms with Crippen LogP contribution in [0.15, 0.2) is 60.7 Å². The van der Waals surface area contributed by atoms with E-state index in [1.54, 1.807) is 6.07 Å². The monoisotopic (exact) mass is 307 g/mol. The Kier molecular flexibility index (Phi) is 3.31. The molecular formula is C18H14FN3O. The number of hydrogen-bond donors (Lipinski definition) is 2. The van der Waals surface area contributed by atoms with Crippen LogP contribution in [-0.2, 0) is 6.61 Å². The summed E-state index contributed by atoms with van der Waals surface area (Å²) in [5.41, 5.74) is 3.62. The van der Waals surface area contributed by atoms with Gasteiger partial charge in [-0.3, -0.25) is 5.10 Å². The highest BCUT2D eigenvalue weighted by Gasteiger charge is 2.08. The summed E-state index contributed by atoms with van der Waals surface area (Å²) in [6.45, 7) is 0.273. The molecule has 2 heterocycles. The minimum absolute atomic E-state index is 0.271. The normalized spacial score (nSPS) is 11.0. The van der Waals surface area contributed by atoms with E-state index >= 15 is 0 Å². The molecule has 0 saturated carbocycles. The number of halogens is 1. The summed E-state index contributed by atoms with van der Waals surface area (Å²) in [4.78, 5) is 3.33. The molecule has 5 heteroatoms. The van der Waals surface area contributed by atoms with Gasteiger partial charge in [-0.05, 0) is 29.8 Å². The van der Waals surface area contributed by atoms with Crippen LogP contribution in [0.25, 0.3) is 22.3 Å². The first kappa shape index (κ1) is 13.6. The van der Waals surface area contributed by atoms with Crippen molar-refractivity contribution >= 4 is 10.9 Å². The Morgan fingerprint density at radius 1 is 0.957 bits per heavy atom. The molecule has 0 aliphatic carbocycles. The van der Waals surface area contributed by atoms with Crippen molar-refractivity contribution in [1.82, 2.24) is 15.2 Å². The molecule has 2 N–H and O–H groups in total. The number of para-hydroxylation sites is 1. The number of hydrogen-bond acceptors (Lipinski definition) is 2. The molecule has 23 heavy (non-hydrogen) atoms. The number of nitrogens with one attached hydrogen (secondary N) is 2. The Hall–Kier alpha value is -3.08. The standard InChI is InChI=1S/C18H14FN3O/c19-14-6-3-4-12(8-14)11-23-18-10-17(21-22-18)16-9-13-5-1-2-7-15(13)20-16/h1-10,20H,11H2,(H,21,22). The lowest BCUT2D eigenvalue weighted by Gasteiger charge is -2.02. The van der Waals surface area contributed by atoms with E-state index in [0.29, 0.717) is 5.88 Å². The van der Waals surface area contributed by atoms with Crippen LogP contribution in [-0.4, -0.2) is 15.2 Å². The van der Waals surface area contributed by atoms with E-state index in [-0.39, 0.29) is 12.4 Å². The minimum atomic E-state index is -0.271. The molecule has 0 fully saturated rings. The molecule has 4 aromatic rings. The lowest BCUT2D eigenvalue weighted by atomic mass is 10.2. The van der Waals surface area contributed by atoms with Crippen molar-refractivity contribution in [2.75, 3.05) is 0 Å². The average Bonchev–Trinajstić information content (AvgIpc) is 3.19. The number of fused-ring (bicyclic) bond motifs is 1. The van der Waals surface area contributed by atoms with Gasteiger partial charge in [-0.15, -0.1) is 5.10 Å². The summed E-state index contributed by atoms with van der Waals surface area (Å²) in [7, 11) is 0. The zero-order valence-electron chi connectivity index (χ0n) is 12.2. The highest BCUT2D eigenvalue weighted by atomic mass is 19.1. The molecule has 0 radical (unpaired) electrons. The number of aromatic amines is 2. The van der Waals surface area contributed by atoms with Gasteiger partial charge in [0.2, 0.25) is 5.88 Å². The molecule has 4 rings (SSSR count). The molecular weight excluding hydrogens is 293 g/mol. The molecule has 0 bridgehead atoms. The van der Waals surface area contributed by atoms with E-state index in [1.165, 1.54) is 12.1 Å².